The highest BCUT2D eigenvalue weighted by molar-refractivity contribution is 5.98. The van der Waals surface area contributed by atoms with E-state index in [2.05, 4.69) is 10.3 Å². The fourth-order valence-corrected chi connectivity index (χ4v) is 3.99. The van der Waals surface area contributed by atoms with Crippen LogP contribution in [0.25, 0.3) is 22.0 Å². The Morgan fingerprint density at radius 3 is 2.39 bits per heavy atom. The van der Waals surface area contributed by atoms with Gasteiger partial charge in [-0.1, -0.05) is 24.3 Å². The second-order valence-corrected chi connectivity index (χ2v) is 8.14. The summed E-state index contributed by atoms with van der Waals surface area (Å²) >= 11 is 0. The number of aromatic nitrogens is 3. The molecule has 2 N–H and O–H groups in total. The fourth-order valence-electron chi connectivity index (χ4n) is 3.99. The molecule has 0 radical (unpaired) electrons. The van der Waals surface area contributed by atoms with E-state index in [4.69, 9.17) is 0 Å². The minimum Gasteiger partial charge on any atom is -0.480 e. The van der Waals surface area contributed by atoms with Gasteiger partial charge in [0.25, 0.3) is 11.5 Å². The average Bonchev–Trinajstić information content (AvgIpc) is 2.84. The zero-order chi connectivity index (χ0) is 26.1. The normalized spacial score (nSPS) is 11.9. The van der Waals surface area contributed by atoms with Crippen molar-refractivity contribution in [3.63, 3.8) is 0 Å². The summed E-state index contributed by atoms with van der Waals surface area (Å²) in [6.07, 6.45) is 2.64. The zero-order valence-electron chi connectivity index (χ0n) is 19.2. The molecule has 0 aliphatic carbocycles. The highest BCUT2D eigenvalue weighted by atomic mass is 19.1. The number of benzene rings is 2. The predicted octanol–water partition coefficient (Wildman–Crippen LogP) is 2.00. The van der Waals surface area contributed by atoms with Crippen LogP contribution in [0.15, 0.2) is 64.4 Å². The van der Waals surface area contributed by atoms with Crippen molar-refractivity contribution in [3.05, 3.63) is 98.5 Å². The molecular formula is C25H20F2N4O5. The number of rotatable bonds is 6. The molecule has 9 nitrogen and oxygen atoms in total. The van der Waals surface area contributed by atoms with Crippen LogP contribution in [0.1, 0.15) is 15.9 Å². The molecule has 1 unspecified atom stereocenters. The molecule has 11 heteroatoms. The lowest BCUT2D eigenvalue weighted by atomic mass is 9.96. The van der Waals surface area contributed by atoms with Gasteiger partial charge in [0.05, 0.1) is 11.1 Å². The van der Waals surface area contributed by atoms with E-state index in [0.717, 1.165) is 22.8 Å². The van der Waals surface area contributed by atoms with Crippen molar-refractivity contribution in [1.29, 1.82) is 0 Å². The monoisotopic (exact) mass is 494 g/mol. The van der Waals surface area contributed by atoms with E-state index in [1.165, 1.54) is 31.1 Å². The van der Waals surface area contributed by atoms with Crippen LogP contribution in [0.3, 0.4) is 0 Å². The summed E-state index contributed by atoms with van der Waals surface area (Å²) < 4.78 is 30.2. The van der Waals surface area contributed by atoms with Crippen molar-refractivity contribution in [2.45, 2.75) is 12.5 Å². The molecule has 4 aromatic rings. The van der Waals surface area contributed by atoms with Crippen LogP contribution in [-0.2, 0) is 25.3 Å². The summed E-state index contributed by atoms with van der Waals surface area (Å²) in [7, 11) is 2.88. The molecule has 0 aliphatic heterocycles. The van der Waals surface area contributed by atoms with Crippen LogP contribution >= 0.6 is 0 Å². The van der Waals surface area contributed by atoms with Crippen molar-refractivity contribution in [3.8, 4) is 11.1 Å². The summed E-state index contributed by atoms with van der Waals surface area (Å²) in [6, 6.07) is 7.83. The van der Waals surface area contributed by atoms with Gasteiger partial charge in [0.2, 0.25) is 0 Å². The van der Waals surface area contributed by atoms with E-state index in [1.807, 2.05) is 0 Å². The number of nitrogens with one attached hydrogen (secondary N) is 1. The van der Waals surface area contributed by atoms with Crippen molar-refractivity contribution in [2.24, 2.45) is 14.1 Å². The lowest BCUT2D eigenvalue weighted by molar-refractivity contribution is -0.139. The van der Waals surface area contributed by atoms with Crippen LogP contribution in [0.5, 0.6) is 0 Å². The number of pyridine rings is 1. The number of carbonyl (C=O) groups excluding carboxylic acids is 1. The number of nitrogens with zero attached hydrogens (tertiary/aromatic N) is 3. The summed E-state index contributed by atoms with van der Waals surface area (Å²) in [6.45, 7) is 0. The fraction of sp³-hybridized carbons (Fsp3) is 0.160. The molecule has 2 aromatic carbocycles. The molecule has 184 valence electrons. The number of carboxylic acid groups (broad SMARTS) is 1. The maximum absolute atomic E-state index is 14.0. The Morgan fingerprint density at radius 1 is 1.03 bits per heavy atom. The molecule has 0 fully saturated rings. The largest absolute Gasteiger partial charge is 0.480 e. The Labute approximate surface area is 202 Å². The van der Waals surface area contributed by atoms with Crippen LogP contribution in [0, 0.1) is 11.6 Å². The van der Waals surface area contributed by atoms with Gasteiger partial charge < -0.3 is 15.0 Å². The molecule has 1 amide bonds. The number of hydrogen-bond acceptors (Lipinski definition) is 5. The van der Waals surface area contributed by atoms with Gasteiger partial charge in [-0.25, -0.2) is 18.4 Å². The Morgan fingerprint density at radius 2 is 1.72 bits per heavy atom. The van der Waals surface area contributed by atoms with E-state index in [0.29, 0.717) is 22.0 Å². The second kappa shape index (κ2) is 9.53. The third-order valence-corrected chi connectivity index (χ3v) is 5.81. The van der Waals surface area contributed by atoms with E-state index in [-0.39, 0.29) is 12.0 Å². The minimum absolute atomic E-state index is 0.238. The lowest BCUT2D eigenvalue weighted by Gasteiger charge is -2.17. The first-order chi connectivity index (χ1) is 17.1. The number of fused-ring (bicyclic) bond motifs is 1. The molecule has 2 aromatic heterocycles. The molecule has 0 saturated heterocycles. The second-order valence-electron chi connectivity index (χ2n) is 8.14. The first kappa shape index (κ1) is 24.5. The number of halogens is 2. The number of amides is 1. The predicted molar refractivity (Wildman–Crippen MR) is 127 cm³/mol. The molecule has 36 heavy (non-hydrogen) atoms. The van der Waals surface area contributed by atoms with Crippen LogP contribution in [0.4, 0.5) is 8.78 Å². The Kier molecular flexibility index (Phi) is 6.47. The number of aryl methyl sites for hydroxylation is 1. The summed E-state index contributed by atoms with van der Waals surface area (Å²) in [5.74, 6) is -4.86. The SMILES string of the molecule is Cn1cc(-c2ccc(CC(NC(=O)c3c(F)cccc3F)C(=O)O)c3ncccc23)c(=O)n(C)c1=O. The standard InChI is InChI=1S/C25H20F2N4O5/c1-30-12-16(23(33)31(2)25(30)36)14-9-8-13(21-15(14)5-4-10-28-21)11-19(24(34)35)29-22(32)20-17(26)6-3-7-18(20)27/h3-10,12,19H,11H2,1-2H3,(H,29,32)(H,34,35). The zero-order valence-corrected chi connectivity index (χ0v) is 19.2. The third kappa shape index (κ3) is 4.38. The van der Waals surface area contributed by atoms with Gasteiger partial charge in [0, 0.05) is 38.3 Å². The van der Waals surface area contributed by atoms with Crippen molar-refractivity contribution in [2.75, 3.05) is 0 Å². The molecule has 4 rings (SSSR count). The maximum Gasteiger partial charge on any atom is 0.330 e. The van der Waals surface area contributed by atoms with Crippen molar-refractivity contribution >= 4 is 22.8 Å². The first-order valence-electron chi connectivity index (χ1n) is 10.7. The highest BCUT2D eigenvalue weighted by Crippen LogP contribution is 2.28. The number of carboxylic acids is 1. The summed E-state index contributed by atoms with van der Waals surface area (Å²) in [5.41, 5.74) is -0.397. The number of carbonyl (C=O) groups is 2. The lowest BCUT2D eigenvalue weighted by Crippen LogP contribution is -2.43. The average molecular weight is 494 g/mol. The molecule has 0 saturated carbocycles. The Balaban J connectivity index is 1.76. The van der Waals surface area contributed by atoms with Crippen molar-refractivity contribution < 1.29 is 23.5 Å². The van der Waals surface area contributed by atoms with E-state index in [1.54, 1.807) is 24.3 Å². The minimum atomic E-state index is -1.53. The molecule has 0 bridgehead atoms. The quantitative estimate of drug-likeness (QED) is 0.423. The molecule has 2 heterocycles. The van der Waals surface area contributed by atoms with Crippen LogP contribution < -0.4 is 16.6 Å². The van der Waals surface area contributed by atoms with Gasteiger partial charge in [0.15, 0.2) is 0 Å². The molecule has 0 aliphatic rings. The van der Waals surface area contributed by atoms with Gasteiger partial charge in [-0.05, 0) is 29.3 Å². The Bertz CT molecular complexity index is 1620. The topological polar surface area (TPSA) is 123 Å². The van der Waals surface area contributed by atoms with Crippen LogP contribution in [0.2, 0.25) is 0 Å². The van der Waals surface area contributed by atoms with Gasteiger partial charge >= 0.3 is 11.7 Å². The Hall–Kier alpha value is -4.67. The molecule has 1 atom stereocenters. The van der Waals surface area contributed by atoms with Crippen LogP contribution in [-0.4, -0.2) is 37.1 Å². The summed E-state index contributed by atoms with van der Waals surface area (Å²) in [4.78, 5) is 53.6. The molecule has 0 spiro atoms. The van der Waals surface area contributed by atoms with E-state index >= 15 is 0 Å². The van der Waals surface area contributed by atoms with E-state index < -0.39 is 46.4 Å². The summed E-state index contributed by atoms with van der Waals surface area (Å²) in [5, 5.41) is 12.4. The van der Waals surface area contributed by atoms with Gasteiger partial charge in [-0.2, -0.15) is 0 Å². The first-order valence-corrected chi connectivity index (χ1v) is 10.7. The van der Waals surface area contributed by atoms with Gasteiger partial charge in [-0.15, -0.1) is 0 Å². The maximum atomic E-state index is 14.0. The number of aliphatic carboxylic acids is 1. The highest BCUT2D eigenvalue weighted by Gasteiger charge is 2.26. The smallest absolute Gasteiger partial charge is 0.330 e. The van der Waals surface area contributed by atoms with Gasteiger partial charge in [0.1, 0.15) is 23.2 Å². The third-order valence-electron chi connectivity index (χ3n) is 5.81. The van der Waals surface area contributed by atoms with Crippen molar-refractivity contribution in [1.82, 2.24) is 19.4 Å². The van der Waals surface area contributed by atoms with Gasteiger partial charge in [-0.3, -0.25) is 19.1 Å². The van der Waals surface area contributed by atoms with E-state index in [9.17, 15) is 33.1 Å². The number of hydrogen-bond donors (Lipinski definition) is 2. The molecular weight excluding hydrogens is 474 g/mol.